The minimum absolute atomic E-state index is 0.0619. The summed E-state index contributed by atoms with van der Waals surface area (Å²) in [5.74, 6) is -0.547. The molecule has 330 valence electrons. The molecular weight excluding hydrogens is 737 g/mol. The van der Waals surface area contributed by atoms with E-state index in [1.54, 1.807) is 0 Å². The Morgan fingerprint density at radius 1 is 0.561 bits per heavy atom. The molecule has 0 rings (SSSR count). The van der Waals surface area contributed by atoms with Crippen LogP contribution in [0, 0.1) is 0 Å². The number of allylic oxidation sites excluding steroid dienone is 10. The van der Waals surface area contributed by atoms with Gasteiger partial charge in [-0.2, -0.15) is 0 Å². The topological polar surface area (TPSA) is 131 Å². The van der Waals surface area contributed by atoms with Crippen molar-refractivity contribution in [2.24, 2.45) is 0 Å². The van der Waals surface area contributed by atoms with Crippen molar-refractivity contribution in [1.29, 1.82) is 0 Å². The number of phosphoric ester groups is 1. The molecule has 9 nitrogen and oxygen atoms in total. The Morgan fingerprint density at radius 3 is 1.51 bits per heavy atom. The molecule has 2 unspecified atom stereocenters. The van der Waals surface area contributed by atoms with Gasteiger partial charge in [-0.25, -0.2) is 4.57 Å². The average molecular weight is 822 g/mol. The second kappa shape index (κ2) is 43.3. The number of hydrogen-bond donors (Lipinski definition) is 3. The molecule has 0 radical (unpaired) electrons. The normalized spacial score (nSPS) is 13.8. The molecule has 0 aliphatic rings. The second-order valence-corrected chi connectivity index (χ2v) is 16.5. The zero-order chi connectivity index (χ0) is 41.8. The zero-order valence-electron chi connectivity index (χ0n) is 36.3. The Balaban J connectivity index is 3.64. The summed E-state index contributed by atoms with van der Waals surface area (Å²) in [5.41, 5.74) is 0. The molecule has 0 bridgehead atoms. The first-order chi connectivity index (χ1) is 27.8. The molecule has 0 aromatic carbocycles. The SMILES string of the molecule is CC/C=C\C/C=C\C/C=C\C/C=C\C/C=C\CCCCCC(=O)NCCOP(=O)(O)OCC(O)COC(=O)CCCCCCCCCCCCCCCCCCC. The van der Waals surface area contributed by atoms with Gasteiger partial charge in [-0.15, -0.1) is 0 Å². The van der Waals surface area contributed by atoms with E-state index in [0.29, 0.717) is 6.42 Å². The van der Waals surface area contributed by atoms with Crippen LogP contribution in [0.15, 0.2) is 60.8 Å². The van der Waals surface area contributed by atoms with Crippen LogP contribution in [-0.2, 0) is 27.9 Å². The minimum Gasteiger partial charge on any atom is -0.463 e. The molecular formula is C47H84NO8P. The number of amides is 1. The fraction of sp³-hybridized carbons (Fsp3) is 0.745. The van der Waals surface area contributed by atoms with E-state index in [0.717, 1.165) is 77.0 Å². The van der Waals surface area contributed by atoms with Crippen LogP contribution in [0.2, 0.25) is 0 Å². The van der Waals surface area contributed by atoms with Gasteiger partial charge in [0, 0.05) is 19.4 Å². The summed E-state index contributed by atoms with van der Waals surface area (Å²) in [6.45, 7) is 3.41. The number of ether oxygens (including phenoxy) is 1. The van der Waals surface area contributed by atoms with E-state index in [2.05, 4.69) is 79.9 Å². The van der Waals surface area contributed by atoms with Crippen LogP contribution in [0.5, 0.6) is 0 Å². The summed E-state index contributed by atoms with van der Waals surface area (Å²) in [6.07, 6.45) is 51.5. The van der Waals surface area contributed by atoms with Crippen LogP contribution < -0.4 is 5.32 Å². The lowest BCUT2D eigenvalue weighted by Crippen LogP contribution is -2.27. The Hall–Kier alpha value is -2.29. The van der Waals surface area contributed by atoms with Crippen molar-refractivity contribution in [3.63, 3.8) is 0 Å². The van der Waals surface area contributed by atoms with E-state index in [4.69, 9.17) is 13.8 Å². The molecule has 10 heteroatoms. The van der Waals surface area contributed by atoms with Crippen molar-refractivity contribution in [1.82, 2.24) is 5.32 Å². The summed E-state index contributed by atoms with van der Waals surface area (Å²) in [7, 11) is -4.43. The summed E-state index contributed by atoms with van der Waals surface area (Å²) < 4.78 is 26.9. The summed E-state index contributed by atoms with van der Waals surface area (Å²) in [4.78, 5) is 33.9. The van der Waals surface area contributed by atoms with E-state index in [1.807, 2.05) is 0 Å². The number of carbonyl (C=O) groups excluding carboxylic acids is 2. The molecule has 57 heavy (non-hydrogen) atoms. The number of rotatable bonds is 42. The van der Waals surface area contributed by atoms with Gasteiger partial charge in [0.1, 0.15) is 12.7 Å². The van der Waals surface area contributed by atoms with E-state index in [1.165, 1.54) is 89.9 Å². The molecule has 3 N–H and O–H groups in total. The number of aliphatic hydroxyl groups is 1. The standard InChI is InChI=1S/C47H84NO8P/c1-3-5-7-9-11-13-15-17-19-21-22-24-25-27-29-31-33-35-37-39-46(50)48-41-42-55-57(52,53)56-44-45(49)43-54-47(51)40-38-36-34-32-30-28-26-23-20-18-16-14-12-10-8-6-4-2/h5,7,11,13,17,19,22,24,27,29,45,49H,3-4,6,8-10,12,14-16,18,20-21,23,25-26,28,30-44H2,1-2H3,(H,48,50)(H,52,53)/b7-5-,13-11-,19-17-,24-22-,29-27-. The molecule has 0 aromatic heterocycles. The molecule has 0 aliphatic carbocycles. The predicted octanol–water partition coefficient (Wildman–Crippen LogP) is 12.9. The second-order valence-electron chi connectivity index (χ2n) is 15.0. The zero-order valence-corrected chi connectivity index (χ0v) is 37.2. The third-order valence-electron chi connectivity index (χ3n) is 9.46. The Labute approximate surface area is 348 Å². The molecule has 0 aliphatic heterocycles. The Morgan fingerprint density at radius 2 is 1.00 bits per heavy atom. The van der Waals surface area contributed by atoms with Crippen LogP contribution in [0.4, 0.5) is 0 Å². The van der Waals surface area contributed by atoms with Gasteiger partial charge in [0.15, 0.2) is 0 Å². The van der Waals surface area contributed by atoms with Gasteiger partial charge in [0.25, 0.3) is 0 Å². The lowest BCUT2D eigenvalue weighted by Gasteiger charge is -2.15. The quantitative estimate of drug-likeness (QED) is 0.0240. The van der Waals surface area contributed by atoms with E-state index < -0.39 is 26.5 Å². The fourth-order valence-electron chi connectivity index (χ4n) is 6.05. The third kappa shape index (κ3) is 44.7. The molecule has 0 aromatic rings. The number of aliphatic hydroxyl groups excluding tert-OH is 1. The largest absolute Gasteiger partial charge is 0.472 e. The van der Waals surface area contributed by atoms with Crippen molar-refractivity contribution in [2.45, 2.75) is 200 Å². The predicted molar refractivity (Wildman–Crippen MR) is 238 cm³/mol. The maximum Gasteiger partial charge on any atom is 0.472 e. The van der Waals surface area contributed by atoms with Crippen LogP contribution in [0.3, 0.4) is 0 Å². The first-order valence-corrected chi connectivity index (χ1v) is 24.3. The van der Waals surface area contributed by atoms with Gasteiger partial charge in [-0.05, 0) is 57.8 Å². The first kappa shape index (κ1) is 54.7. The Kier molecular flexibility index (Phi) is 41.6. The molecule has 0 saturated heterocycles. The van der Waals surface area contributed by atoms with Crippen molar-refractivity contribution < 1.29 is 37.9 Å². The molecule has 0 spiro atoms. The highest BCUT2D eigenvalue weighted by Gasteiger charge is 2.23. The number of hydrogen-bond acceptors (Lipinski definition) is 7. The van der Waals surface area contributed by atoms with Gasteiger partial charge in [0.2, 0.25) is 5.91 Å². The summed E-state index contributed by atoms with van der Waals surface area (Å²) in [6, 6.07) is 0. The number of nitrogens with one attached hydrogen (secondary N) is 1. The number of phosphoric acid groups is 1. The van der Waals surface area contributed by atoms with Crippen LogP contribution >= 0.6 is 7.82 Å². The lowest BCUT2D eigenvalue weighted by molar-refractivity contribution is -0.147. The molecule has 2 atom stereocenters. The highest BCUT2D eigenvalue weighted by atomic mass is 31.2. The Bertz CT molecular complexity index is 1120. The number of carbonyl (C=O) groups is 2. The van der Waals surface area contributed by atoms with Crippen molar-refractivity contribution in [2.75, 3.05) is 26.4 Å². The van der Waals surface area contributed by atoms with Crippen LogP contribution in [-0.4, -0.2) is 54.3 Å². The van der Waals surface area contributed by atoms with Gasteiger partial charge in [0.05, 0.1) is 13.2 Å². The van der Waals surface area contributed by atoms with Gasteiger partial charge < -0.3 is 20.1 Å². The monoisotopic (exact) mass is 822 g/mol. The first-order valence-electron chi connectivity index (χ1n) is 22.8. The van der Waals surface area contributed by atoms with Crippen molar-refractivity contribution in [3.05, 3.63) is 60.8 Å². The molecule has 0 saturated carbocycles. The van der Waals surface area contributed by atoms with Crippen molar-refractivity contribution in [3.8, 4) is 0 Å². The van der Waals surface area contributed by atoms with Crippen molar-refractivity contribution >= 4 is 19.7 Å². The number of esters is 1. The van der Waals surface area contributed by atoms with Gasteiger partial charge in [-0.3, -0.25) is 18.6 Å². The van der Waals surface area contributed by atoms with E-state index >= 15 is 0 Å². The molecule has 0 fully saturated rings. The van der Waals surface area contributed by atoms with Gasteiger partial charge >= 0.3 is 13.8 Å². The van der Waals surface area contributed by atoms with Crippen LogP contribution in [0.1, 0.15) is 194 Å². The minimum atomic E-state index is -4.43. The van der Waals surface area contributed by atoms with Crippen LogP contribution in [0.25, 0.3) is 0 Å². The average Bonchev–Trinajstić information content (AvgIpc) is 3.20. The summed E-state index contributed by atoms with van der Waals surface area (Å²) >= 11 is 0. The lowest BCUT2D eigenvalue weighted by atomic mass is 10.0. The smallest absolute Gasteiger partial charge is 0.463 e. The summed E-state index contributed by atoms with van der Waals surface area (Å²) in [5, 5.41) is 12.7. The molecule has 0 heterocycles. The number of unbranched alkanes of at least 4 members (excludes halogenated alkanes) is 19. The van der Waals surface area contributed by atoms with Gasteiger partial charge in [-0.1, -0.05) is 184 Å². The molecule has 1 amide bonds. The van der Waals surface area contributed by atoms with E-state index in [-0.39, 0.29) is 32.1 Å². The maximum absolute atomic E-state index is 12.1. The highest BCUT2D eigenvalue weighted by molar-refractivity contribution is 7.47. The maximum atomic E-state index is 12.1. The highest BCUT2D eigenvalue weighted by Crippen LogP contribution is 2.42. The fourth-order valence-corrected chi connectivity index (χ4v) is 6.81. The third-order valence-corrected chi connectivity index (χ3v) is 10.4. The van der Waals surface area contributed by atoms with E-state index in [9.17, 15) is 24.2 Å².